The number of hydrogen-bond donors (Lipinski definition) is 2. The van der Waals surface area contributed by atoms with Crippen molar-refractivity contribution in [2.45, 2.75) is 64.2 Å². The molecule has 1 heterocycles. The molecular formula is C25H29FN4O2. The molecule has 6 nitrogen and oxygen atoms in total. The van der Waals surface area contributed by atoms with E-state index in [1.165, 1.54) is 31.4 Å². The minimum absolute atomic E-state index is 0.102. The number of halogens is 1. The lowest BCUT2D eigenvalue weighted by Crippen LogP contribution is -2.50. The normalized spacial score (nSPS) is 29.7. The van der Waals surface area contributed by atoms with Gasteiger partial charge in [0.2, 0.25) is 5.91 Å². The Morgan fingerprint density at radius 1 is 1.00 bits per heavy atom. The monoisotopic (exact) mass is 436 g/mol. The van der Waals surface area contributed by atoms with E-state index in [-0.39, 0.29) is 23.0 Å². The highest BCUT2D eigenvalue weighted by Crippen LogP contribution is 2.61. The van der Waals surface area contributed by atoms with E-state index in [0.29, 0.717) is 12.1 Å². The first-order chi connectivity index (χ1) is 15.5. The summed E-state index contributed by atoms with van der Waals surface area (Å²) >= 11 is 0. The van der Waals surface area contributed by atoms with E-state index in [9.17, 15) is 14.0 Å². The second-order valence-electron chi connectivity index (χ2n) is 10.6. The zero-order chi connectivity index (χ0) is 21.9. The molecule has 168 valence electrons. The van der Waals surface area contributed by atoms with Crippen LogP contribution < -0.4 is 10.9 Å². The van der Waals surface area contributed by atoms with E-state index in [1.807, 2.05) is 0 Å². The fourth-order valence-corrected chi connectivity index (χ4v) is 7.49. The molecule has 7 heteroatoms. The van der Waals surface area contributed by atoms with Gasteiger partial charge in [-0.05, 0) is 105 Å². The molecule has 7 rings (SSSR count). The molecular weight excluding hydrogens is 407 g/mol. The van der Waals surface area contributed by atoms with Gasteiger partial charge in [0.15, 0.2) is 5.69 Å². The Balaban J connectivity index is 1.14. The molecule has 2 amide bonds. The highest BCUT2D eigenvalue weighted by molar-refractivity contribution is 5.95. The molecule has 2 aromatic rings. The maximum Gasteiger partial charge on any atom is 0.290 e. The Bertz CT molecular complexity index is 1040. The maximum absolute atomic E-state index is 13.3. The van der Waals surface area contributed by atoms with Gasteiger partial charge < -0.3 is 0 Å². The molecule has 0 unspecified atom stereocenters. The molecule has 5 aliphatic carbocycles. The summed E-state index contributed by atoms with van der Waals surface area (Å²) in [6, 6.07) is 6.11. The first kappa shape index (κ1) is 19.9. The van der Waals surface area contributed by atoms with Gasteiger partial charge in [-0.1, -0.05) is 0 Å². The highest BCUT2D eigenvalue weighted by atomic mass is 19.1. The van der Waals surface area contributed by atoms with Crippen molar-refractivity contribution in [3.05, 3.63) is 47.0 Å². The molecule has 0 radical (unpaired) electrons. The molecule has 4 fully saturated rings. The fourth-order valence-electron chi connectivity index (χ4n) is 7.49. The Morgan fingerprint density at radius 3 is 2.31 bits per heavy atom. The summed E-state index contributed by atoms with van der Waals surface area (Å²) in [6.45, 7) is 0. The van der Waals surface area contributed by atoms with Gasteiger partial charge in [-0.25, -0.2) is 9.07 Å². The molecule has 1 aromatic heterocycles. The number of hydrogen-bond acceptors (Lipinski definition) is 3. The van der Waals surface area contributed by atoms with Crippen LogP contribution in [0.3, 0.4) is 0 Å². The summed E-state index contributed by atoms with van der Waals surface area (Å²) in [4.78, 5) is 25.7. The van der Waals surface area contributed by atoms with Crippen LogP contribution in [0.25, 0.3) is 5.69 Å². The topological polar surface area (TPSA) is 76.0 Å². The first-order valence-corrected chi connectivity index (χ1v) is 11.9. The zero-order valence-electron chi connectivity index (χ0n) is 18.2. The predicted octanol–water partition coefficient (Wildman–Crippen LogP) is 3.87. The van der Waals surface area contributed by atoms with Gasteiger partial charge >= 0.3 is 0 Å². The van der Waals surface area contributed by atoms with Crippen LogP contribution in [0.4, 0.5) is 4.39 Å². The van der Waals surface area contributed by atoms with Crippen LogP contribution in [0.15, 0.2) is 24.3 Å². The predicted molar refractivity (Wildman–Crippen MR) is 116 cm³/mol. The van der Waals surface area contributed by atoms with Gasteiger partial charge in [-0.2, -0.15) is 5.10 Å². The van der Waals surface area contributed by atoms with Crippen molar-refractivity contribution in [1.82, 2.24) is 20.6 Å². The molecule has 1 aromatic carbocycles. The number of benzene rings is 1. The Kier molecular flexibility index (Phi) is 4.63. The number of amides is 2. The number of fused-ring (bicyclic) bond motifs is 1. The van der Waals surface area contributed by atoms with E-state index in [2.05, 4.69) is 16.0 Å². The quantitative estimate of drug-likeness (QED) is 0.715. The molecule has 4 bridgehead atoms. The Labute approximate surface area is 186 Å². The molecule has 32 heavy (non-hydrogen) atoms. The number of carbonyl (C=O) groups excluding carboxylic acids is 2. The van der Waals surface area contributed by atoms with Crippen molar-refractivity contribution in [2.24, 2.45) is 23.2 Å². The van der Waals surface area contributed by atoms with Crippen molar-refractivity contribution < 1.29 is 14.0 Å². The van der Waals surface area contributed by atoms with Crippen LogP contribution in [-0.2, 0) is 17.6 Å². The molecule has 0 saturated heterocycles. The van der Waals surface area contributed by atoms with E-state index < -0.39 is 0 Å². The van der Waals surface area contributed by atoms with Crippen LogP contribution >= 0.6 is 0 Å². The van der Waals surface area contributed by atoms with Crippen molar-refractivity contribution in [3.8, 4) is 5.69 Å². The van der Waals surface area contributed by atoms with Crippen molar-refractivity contribution in [2.75, 3.05) is 0 Å². The minimum Gasteiger partial charge on any atom is -0.273 e. The Morgan fingerprint density at radius 2 is 1.66 bits per heavy atom. The SMILES string of the molecule is O=C(CC12CC3CC(CC(C3)C1)C2)NNC(=O)c1nn(-c2ccc(F)cc2)c2c1CCC2. The lowest BCUT2D eigenvalue weighted by atomic mass is 9.49. The van der Waals surface area contributed by atoms with Gasteiger partial charge in [-0.3, -0.25) is 20.4 Å². The average molecular weight is 437 g/mol. The molecule has 0 aliphatic heterocycles. The second-order valence-corrected chi connectivity index (χ2v) is 10.6. The number of rotatable bonds is 4. The summed E-state index contributed by atoms with van der Waals surface area (Å²) in [5, 5.41) is 4.52. The molecule has 0 atom stereocenters. The van der Waals surface area contributed by atoms with Crippen molar-refractivity contribution in [1.29, 1.82) is 0 Å². The Hall–Kier alpha value is -2.70. The first-order valence-electron chi connectivity index (χ1n) is 11.9. The molecule has 5 aliphatic rings. The van der Waals surface area contributed by atoms with E-state index in [4.69, 9.17) is 0 Å². The lowest BCUT2D eigenvalue weighted by Gasteiger charge is -2.56. The average Bonchev–Trinajstić information content (AvgIpc) is 3.34. The third-order valence-electron chi connectivity index (χ3n) is 8.23. The molecule has 0 spiro atoms. The van der Waals surface area contributed by atoms with Crippen LogP contribution in [0.5, 0.6) is 0 Å². The summed E-state index contributed by atoms with van der Waals surface area (Å²) < 4.78 is 15.1. The molecule has 4 saturated carbocycles. The fraction of sp³-hybridized carbons (Fsp3) is 0.560. The van der Waals surface area contributed by atoms with Crippen molar-refractivity contribution in [3.63, 3.8) is 0 Å². The second kappa shape index (κ2) is 7.42. The lowest BCUT2D eigenvalue weighted by molar-refractivity contribution is -0.130. The van der Waals surface area contributed by atoms with Crippen LogP contribution in [0, 0.1) is 29.0 Å². The minimum atomic E-state index is -0.386. The van der Waals surface area contributed by atoms with E-state index >= 15 is 0 Å². The summed E-state index contributed by atoms with van der Waals surface area (Å²) in [5.41, 5.74) is 8.39. The standard InChI is InChI=1S/C25H29FN4O2/c26-18-4-6-19(7-5-18)30-21-3-1-2-20(21)23(29-30)24(32)28-27-22(31)14-25-11-15-8-16(12-25)10-17(9-15)13-25/h4-7,15-17H,1-3,8-14H2,(H,27,31)(H,28,32). The number of aromatic nitrogens is 2. The van der Waals surface area contributed by atoms with E-state index in [0.717, 1.165) is 73.2 Å². The smallest absolute Gasteiger partial charge is 0.273 e. The summed E-state index contributed by atoms with van der Waals surface area (Å²) in [6.07, 6.45) is 10.6. The van der Waals surface area contributed by atoms with Crippen LogP contribution in [0.1, 0.15) is 73.1 Å². The number of carbonyl (C=O) groups is 2. The highest BCUT2D eigenvalue weighted by Gasteiger charge is 2.51. The van der Waals surface area contributed by atoms with Gasteiger partial charge in [0.25, 0.3) is 5.91 Å². The third-order valence-corrected chi connectivity index (χ3v) is 8.23. The summed E-state index contributed by atoms with van der Waals surface area (Å²) in [5.74, 6) is 1.58. The summed E-state index contributed by atoms with van der Waals surface area (Å²) in [7, 11) is 0. The van der Waals surface area contributed by atoms with Crippen molar-refractivity contribution >= 4 is 11.8 Å². The van der Waals surface area contributed by atoms with Gasteiger partial charge in [0.1, 0.15) is 5.82 Å². The third kappa shape index (κ3) is 3.42. The number of nitrogens with one attached hydrogen (secondary N) is 2. The van der Waals surface area contributed by atoms with E-state index in [1.54, 1.807) is 16.8 Å². The molecule has 2 N–H and O–H groups in total. The maximum atomic E-state index is 13.3. The van der Waals surface area contributed by atoms with Crippen LogP contribution in [-0.4, -0.2) is 21.6 Å². The van der Waals surface area contributed by atoms with Gasteiger partial charge in [0, 0.05) is 17.7 Å². The largest absolute Gasteiger partial charge is 0.290 e. The van der Waals surface area contributed by atoms with Gasteiger partial charge in [-0.15, -0.1) is 0 Å². The number of hydrazine groups is 1. The van der Waals surface area contributed by atoms with Gasteiger partial charge in [0.05, 0.1) is 5.69 Å². The van der Waals surface area contributed by atoms with Crippen LogP contribution in [0.2, 0.25) is 0 Å². The zero-order valence-corrected chi connectivity index (χ0v) is 18.2. The number of nitrogens with zero attached hydrogens (tertiary/aromatic N) is 2.